The van der Waals surface area contributed by atoms with E-state index in [9.17, 15) is 4.79 Å². The van der Waals surface area contributed by atoms with Gasteiger partial charge in [-0.15, -0.1) is 11.6 Å². The molecule has 0 bridgehead atoms. The topological polar surface area (TPSA) is 30.2 Å². The zero-order chi connectivity index (χ0) is 14.5. The molecule has 2 nitrogen and oxygen atoms in total. The van der Waals surface area contributed by atoms with E-state index in [4.69, 9.17) is 16.0 Å². The third kappa shape index (κ3) is 2.86. The molecule has 3 heteroatoms. The average Bonchev–Trinajstić information content (AvgIpc) is 2.45. The number of benzene rings is 2. The highest BCUT2D eigenvalue weighted by Gasteiger charge is 2.14. The van der Waals surface area contributed by atoms with Gasteiger partial charge in [0.2, 0.25) is 0 Å². The van der Waals surface area contributed by atoms with Crippen molar-refractivity contribution in [2.45, 2.75) is 26.1 Å². The van der Waals surface area contributed by atoms with Crippen LogP contribution in [-0.4, -0.2) is 0 Å². The molecule has 3 rings (SSSR count). The van der Waals surface area contributed by atoms with E-state index in [0.29, 0.717) is 11.6 Å². The van der Waals surface area contributed by atoms with Gasteiger partial charge >= 0.3 is 0 Å². The lowest BCUT2D eigenvalue weighted by atomic mass is 10.0. The minimum atomic E-state index is -0.0583. The van der Waals surface area contributed by atoms with E-state index >= 15 is 0 Å². The molecule has 104 valence electrons. The summed E-state index contributed by atoms with van der Waals surface area (Å²) in [4.78, 5) is 11.3. The second kappa shape index (κ2) is 6.58. The molecule has 1 aromatic carbocycles. The smallest absolute Gasteiger partial charge is 0.182 e. The van der Waals surface area contributed by atoms with Crippen LogP contribution in [0.5, 0.6) is 0 Å². The van der Waals surface area contributed by atoms with E-state index in [-0.39, 0.29) is 5.43 Å². The van der Waals surface area contributed by atoms with Crippen LogP contribution in [0.15, 0.2) is 51.7 Å². The summed E-state index contributed by atoms with van der Waals surface area (Å²) in [5.74, 6) is 0.984. The van der Waals surface area contributed by atoms with E-state index < -0.39 is 0 Å². The van der Waals surface area contributed by atoms with Gasteiger partial charge in [0, 0.05) is 22.9 Å². The Morgan fingerprint density at radius 1 is 1.10 bits per heavy atom. The summed E-state index contributed by atoms with van der Waals surface area (Å²) in [6.45, 7) is 4.25. The first-order valence-electron chi connectivity index (χ1n) is 6.71. The maximum Gasteiger partial charge on any atom is 0.182 e. The molecule has 0 spiro atoms. The van der Waals surface area contributed by atoms with Gasteiger partial charge in [0.1, 0.15) is 11.3 Å². The third-order valence-electron chi connectivity index (χ3n) is 2.84. The number of para-hydroxylation sites is 1. The minimum Gasteiger partial charge on any atom is -0.456 e. The number of alkyl halides is 1. The Kier molecular flexibility index (Phi) is 4.80. The molecule has 0 radical (unpaired) electrons. The van der Waals surface area contributed by atoms with Gasteiger partial charge in [0.25, 0.3) is 0 Å². The molecule has 1 heterocycles. The van der Waals surface area contributed by atoms with Gasteiger partial charge in [-0.05, 0) is 23.8 Å². The molecule has 20 heavy (non-hydrogen) atoms. The number of fused-ring (bicyclic) bond motifs is 2. The van der Waals surface area contributed by atoms with Crippen LogP contribution in [0.4, 0.5) is 0 Å². The van der Waals surface area contributed by atoms with Crippen LogP contribution in [0.25, 0.3) is 22.3 Å². The summed E-state index contributed by atoms with van der Waals surface area (Å²) < 4.78 is 5.71. The van der Waals surface area contributed by atoms with Crippen molar-refractivity contribution in [3.05, 3.63) is 58.3 Å². The fourth-order valence-electron chi connectivity index (χ4n) is 2.05. The summed E-state index contributed by atoms with van der Waals surface area (Å²) in [5, 5.41) is 0.994. The van der Waals surface area contributed by atoms with Crippen LogP contribution in [0, 0.1) is 0 Å². The highest BCUT2D eigenvalue weighted by Crippen LogP contribution is 2.33. The van der Waals surface area contributed by atoms with Gasteiger partial charge in [-0.3, -0.25) is 4.79 Å². The van der Waals surface area contributed by atoms with Gasteiger partial charge in [0.05, 0.1) is 0 Å². The van der Waals surface area contributed by atoms with E-state index in [2.05, 4.69) is 13.8 Å². The van der Waals surface area contributed by atoms with Gasteiger partial charge in [-0.2, -0.15) is 0 Å². The summed E-state index contributed by atoms with van der Waals surface area (Å²) in [6, 6.07) is 12.5. The van der Waals surface area contributed by atoms with Crippen LogP contribution in [0.2, 0.25) is 0 Å². The zero-order valence-corrected chi connectivity index (χ0v) is 12.4. The van der Waals surface area contributed by atoms with Gasteiger partial charge in [0.15, 0.2) is 5.43 Å². The summed E-state index contributed by atoms with van der Waals surface area (Å²) in [5.41, 5.74) is 2.60. The Bertz CT molecular complexity index is 731. The second-order valence-corrected chi connectivity index (χ2v) is 4.84. The number of rotatable bonds is 1. The highest BCUT2D eigenvalue weighted by molar-refractivity contribution is 6.18. The Balaban J connectivity index is 0.000000452. The third-order valence-corrected chi connectivity index (χ3v) is 3.11. The van der Waals surface area contributed by atoms with Crippen LogP contribution in [0.3, 0.4) is 0 Å². The first kappa shape index (κ1) is 14.6. The van der Waals surface area contributed by atoms with E-state index in [1.165, 1.54) is 18.6 Å². The molecular formula is C17H17ClO2. The van der Waals surface area contributed by atoms with Gasteiger partial charge in [-0.25, -0.2) is 0 Å². The lowest BCUT2D eigenvalue weighted by Gasteiger charge is -2.11. The lowest BCUT2D eigenvalue weighted by Crippen LogP contribution is -2.00. The van der Waals surface area contributed by atoms with Crippen molar-refractivity contribution in [2.24, 2.45) is 0 Å². The van der Waals surface area contributed by atoms with Crippen LogP contribution in [-0.2, 0) is 5.88 Å². The molecule has 0 N–H and O–H groups in total. The number of halogens is 1. The Hall–Kier alpha value is -1.80. The van der Waals surface area contributed by atoms with Crippen LogP contribution < -0.4 is 5.43 Å². The normalized spacial score (nSPS) is 10.3. The zero-order valence-electron chi connectivity index (χ0n) is 11.7. The maximum absolute atomic E-state index is 11.3. The monoisotopic (exact) mass is 288 g/mol. The molecule has 2 aliphatic rings. The fourth-order valence-corrected chi connectivity index (χ4v) is 2.34. The molecular weight excluding hydrogens is 272 g/mol. The number of hydrogen-bond acceptors (Lipinski definition) is 2. The molecule has 0 saturated heterocycles. The molecule has 0 aromatic heterocycles. The van der Waals surface area contributed by atoms with E-state index in [1.807, 2.05) is 24.3 Å². The maximum atomic E-state index is 11.3. The number of hydrogen-bond donors (Lipinski definition) is 0. The summed E-state index contributed by atoms with van der Waals surface area (Å²) in [7, 11) is 0. The molecule has 0 fully saturated rings. The largest absolute Gasteiger partial charge is 0.456 e. The fraction of sp³-hybridized carbons (Fsp3) is 0.235. The molecule has 1 aliphatic heterocycles. The van der Waals surface area contributed by atoms with Crippen molar-refractivity contribution in [1.29, 1.82) is 0 Å². The predicted molar refractivity (Wildman–Crippen MR) is 84.6 cm³/mol. The van der Waals surface area contributed by atoms with Gasteiger partial charge < -0.3 is 4.42 Å². The van der Waals surface area contributed by atoms with Crippen molar-refractivity contribution in [3.63, 3.8) is 0 Å². The van der Waals surface area contributed by atoms with Crippen molar-refractivity contribution in [3.8, 4) is 11.3 Å². The summed E-state index contributed by atoms with van der Waals surface area (Å²) in [6.07, 6.45) is 1.25. The first-order chi connectivity index (χ1) is 9.71. The van der Waals surface area contributed by atoms with Crippen LogP contribution >= 0.6 is 11.6 Å². The second-order valence-electron chi connectivity index (χ2n) is 4.58. The molecule has 1 aliphatic carbocycles. The van der Waals surface area contributed by atoms with E-state index in [1.54, 1.807) is 6.07 Å². The van der Waals surface area contributed by atoms with Crippen molar-refractivity contribution < 1.29 is 4.42 Å². The summed E-state index contributed by atoms with van der Waals surface area (Å²) >= 11 is 6.00. The molecule has 0 atom stereocenters. The van der Waals surface area contributed by atoms with Gasteiger partial charge in [-0.1, -0.05) is 38.5 Å². The Labute approximate surface area is 123 Å². The Morgan fingerprint density at radius 2 is 1.80 bits per heavy atom. The minimum absolute atomic E-state index is 0.0583. The van der Waals surface area contributed by atoms with Crippen molar-refractivity contribution in [1.82, 2.24) is 0 Å². The van der Waals surface area contributed by atoms with E-state index in [0.717, 1.165) is 22.1 Å². The Morgan fingerprint density at radius 3 is 2.50 bits per heavy atom. The molecule has 0 saturated carbocycles. The standard InChI is InChI=1S/C14H9ClO2.C3H8/c15-8-12-10-3-1-2-4-13(10)17-14-7-9(16)5-6-11(12)14;1-3-2/h1-7H,8H2;3H2,1-2H3. The van der Waals surface area contributed by atoms with Crippen LogP contribution in [0.1, 0.15) is 25.8 Å². The lowest BCUT2D eigenvalue weighted by molar-refractivity contribution is 0.617. The highest BCUT2D eigenvalue weighted by atomic mass is 35.5. The average molecular weight is 289 g/mol. The predicted octanol–water partition coefficient (Wildman–Crippen LogP) is 5.05. The SMILES string of the molecule is CCC.O=c1ccc2c(CCl)c3ccccc3oc-2c1. The van der Waals surface area contributed by atoms with Crippen molar-refractivity contribution >= 4 is 22.6 Å². The first-order valence-corrected chi connectivity index (χ1v) is 7.25. The molecule has 1 aromatic rings. The van der Waals surface area contributed by atoms with Crippen molar-refractivity contribution in [2.75, 3.05) is 0 Å². The molecule has 0 amide bonds. The quantitative estimate of drug-likeness (QED) is 0.463. The molecule has 0 unspecified atom stereocenters.